The van der Waals surface area contributed by atoms with Crippen molar-refractivity contribution >= 4 is 15.9 Å². The van der Waals surface area contributed by atoms with Crippen molar-refractivity contribution in [3.05, 3.63) is 33.8 Å². The zero-order valence-corrected chi connectivity index (χ0v) is 10.8. The highest BCUT2D eigenvalue weighted by Crippen LogP contribution is 2.35. The van der Waals surface area contributed by atoms with Gasteiger partial charge in [0.05, 0.1) is 0 Å². The Labute approximate surface area is 100 Å². The SMILES string of the molecule is CCCCNC1CCc2c(Br)cccc21. The van der Waals surface area contributed by atoms with Gasteiger partial charge in [-0.3, -0.25) is 0 Å². The first-order chi connectivity index (χ1) is 7.33. The van der Waals surface area contributed by atoms with Crippen LogP contribution in [0.15, 0.2) is 22.7 Å². The van der Waals surface area contributed by atoms with E-state index in [0.29, 0.717) is 6.04 Å². The van der Waals surface area contributed by atoms with Crippen molar-refractivity contribution < 1.29 is 0 Å². The molecule has 0 amide bonds. The van der Waals surface area contributed by atoms with Crippen molar-refractivity contribution in [1.82, 2.24) is 5.32 Å². The van der Waals surface area contributed by atoms with Crippen molar-refractivity contribution in [3.63, 3.8) is 0 Å². The van der Waals surface area contributed by atoms with Gasteiger partial charge in [0.25, 0.3) is 0 Å². The molecule has 0 heterocycles. The fourth-order valence-electron chi connectivity index (χ4n) is 2.27. The maximum absolute atomic E-state index is 3.65. The Kier molecular flexibility index (Phi) is 3.81. The van der Waals surface area contributed by atoms with Crippen LogP contribution in [0.1, 0.15) is 43.4 Å². The van der Waals surface area contributed by atoms with Crippen LogP contribution in [0.5, 0.6) is 0 Å². The number of nitrogens with one attached hydrogen (secondary N) is 1. The Bertz CT molecular complexity index is 335. The van der Waals surface area contributed by atoms with Crippen LogP contribution in [-0.2, 0) is 6.42 Å². The van der Waals surface area contributed by atoms with Gasteiger partial charge in [-0.05, 0) is 43.0 Å². The van der Waals surface area contributed by atoms with Crippen LogP contribution >= 0.6 is 15.9 Å². The summed E-state index contributed by atoms with van der Waals surface area (Å²) in [7, 11) is 0. The van der Waals surface area contributed by atoms with E-state index in [1.54, 1.807) is 0 Å². The van der Waals surface area contributed by atoms with E-state index < -0.39 is 0 Å². The van der Waals surface area contributed by atoms with E-state index in [-0.39, 0.29) is 0 Å². The minimum Gasteiger partial charge on any atom is -0.310 e. The molecule has 1 aromatic carbocycles. The lowest BCUT2D eigenvalue weighted by Gasteiger charge is -2.13. The van der Waals surface area contributed by atoms with Gasteiger partial charge in [0.15, 0.2) is 0 Å². The molecule has 0 saturated heterocycles. The monoisotopic (exact) mass is 267 g/mol. The fourth-order valence-corrected chi connectivity index (χ4v) is 2.85. The van der Waals surface area contributed by atoms with Crippen LogP contribution in [0, 0.1) is 0 Å². The molecule has 1 aliphatic carbocycles. The molecule has 1 aromatic rings. The first-order valence-electron chi connectivity index (χ1n) is 5.83. The molecule has 0 fully saturated rings. The maximum Gasteiger partial charge on any atom is 0.0326 e. The third-order valence-electron chi connectivity index (χ3n) is 3.13. The van der Waals surface area contributed by atoms with Gasteiger partial charge in [-0.25, -0.2) is 0 Å². The van der Waals surface area contributed by atoms with E-state index in [1.165, 1.54) is 41.3 Å². The topological polar surface area (TPSA) is 12.0 Å². The standard InChI is InChI=1S/C13H18BrN/c1-2-3-9-15-13-8-7-10-11(13)5-4-6-12(10)14/h4-6,13,15H,2-3,7-9H2,1H3. The van der Waals surface area contributed by atoms with Crippen molar-refractivity contribution in [2.45, 2.75) is 38.6 Å². The third-order valence-corrected chi connectivity index (χ3v) is 3.88. The normalized spacial score (nSPS) is 19.2. The van der Waals surface area contributed by atoms with Crippen LogP contribution in [0.3, 0.4) is 0 Å². The number of hydrogen-bond donors (Lipinski definition) is 1. The Morgan fingerprint density at radius 3 is 3.13 bits per heavy atom. The summed E-state index contributed by atoms with van der Waals surface area (Å²) in [5.41, 5.74) is 3.01. The smallest absolute Gasteiger partial charge is 0.0326 e. The third kappa shape index (κ3) is 2.43. The highest BCUT2D eigenvalue weighted by molar-refractivity contribution is 9.10. The van der Waals surface area contributed by atoms with E-state index in [4.69, 9.17) is 0 Å². The molecule has 1 aliphatic rings. The first kappa shape index (κ1) is 11.2. The minimum absolute atomic E-state index is 0.587. The van der Waals surface area contributed by atoms with Gasteiger partial charge in [-0.15, -0.1) is 0 Å². The van der Waals surface area contributed by atoms with E-state index in [0.717, 1.165) is 6.54 Å². The van der Waals surface area contributed by atoms with Crippen molar-refractivity contribution in [3.8, 4) is 0 Å². The quantitative estimate of drug-likeness (QED) is 0.818. The molecule has 1 atom stereocenters. The lowest BCUT2D eigenvalue weighted by atomic mass is 10.1. The predicted molar refractivity (Wildman–Crippen MR) is 68.1 cm³/mol. The minimum atomic E-state index is 0.587. The summed E-state index contributed by atoms with van der Waals surface area (Å²) >= 11 is 3.63. The lowest BCUT2D eigenvalue weighted by Crippen LogP contribution is -2.20. The van der Waals surface area contributed by atoms with Crippen molar-refractivity contribution in [2.24, 2.45) is 0 Å². The summed E-state index contributed by atoms with van der Waals surface area (Å²) in [5, 5.41) is 3.65. The second-order valence-corrected chi connectivity index (χ2v) is 5.06. The summed E-state index contributed by atoms with van der Waals surface area (Å²) < 4.78 is 1.28. The second-order valence-electron chi connectivity index (χ2n) is 4.21. The molecular formula is C13H18BrN. The van der Waals surface area contributed by atoms with Gasteiger partial charge in [0.2, 0.25) is 0 Å². The fraction of sp³-hybridized carbons (Fsp3) is 0.538. The summed E-state index contributed by atoms with van der Waals surface area (Å²) in [6.07, 6.45) is 5.01. The average Bonchev–Trinajstić information content (AvgIpc) is 2.64. The number of unbranched alkanes of at least 4 members (excludes halogenated alkanes) is 1. The Balaban J connectivity index is 2.05. The number of hydrogen-bond acceptors (Lipinski definition) is 1. The molecule has 0 saturated carbocycles. The Morgan fingerprint density at radius 1 is 1.47 bits per heavy atom. The van der Waals surface area contributed by atoms with Gasteiger partial charge >= 0.3 is 0 Å². The average molecular weight is 268 g/mol. The van der Waals surface area contributed by atoms with Crippen LogP contribution in [0.25, 0.3) is 0 Å². The molecule has 0 aromatic heterocycles. The predicted octanol–water partition coefficient (Wildman–Crippen LogP) is 3.83. The highest BCUT2D eigenvalue weighted by atomic mass is 79.9. The molecule has 0 radical (unpaired) electrons. The van der Waals surface area contributed by atoms with E-state index in [1.807, 2.05) is 0 Å². The van der Waals surface area contributed by atoms with Crippen LogP contribution in [-0.4, -0.2) is 6.54 Å². The second kappa shape index (κ2) is 5.13. The van der Waals surface area contributed by atoms with Crippen molar-refractivity contribution in [1.29, 1.82) is 0 Å². The molecule has 1 unspecified atom stereocenters. The summed E-state index contributed by atoms with van der Waals surface area (Å²) in [6, 6.07) is 7.14. The van der Waals surface area contributed by atoms with Crippen molar-refractivity contribution in [2.75, 3.05) is 6.54 Å². The van der Waals surface area contributed by atoms with Gasteiger partial charge in [-0.1, -0.05) is 41.4 Å². The zero-order chi connectivity index (χ0) is 10.7. The van der Waals surface area contributed by atoms with Crippen LogP contribution < -0.4 is 5.32 Å². The Morgan fingerprint density at radius 2 is 2.33 bits per heavy atom. The zero-order valence-electron chi connectivity index (χ0n) is 9.22. The molecule has 82 valence electrons. The molecule has 0 spiro atoms. The molecule has 0 bridgehead atoms. The molecule has 1 N–H and O–H groups in total. The highest BCUT2D eigenvalue weighted by Gasteiger charge is 2.22. The molecule has 15 heavy (non-hydrogen) atoms. The summed E-state index contributed by atoms with van der Waals surface area (Å²) in [5.74, 6) is 0. The largest absolute Gasteiger partial charge is 0.310 e. The van der Waals surface area contributed by atoms with Crippen LogP contribution in [0.2, 0.25) is 0 Å². The Hall–Kier alpha value is -0.340. The molecule has 1 nitrogen and oxygen atoms in total. The number of benzene rings is 1. The molecule has 0 aliphatic heterocycles. The number of fused-ring (bicyclic) bond motifs is 1. The summed E-state index contributed by atoms with van der Waals surface area (Å²) in [4.78, 5) is 0. The van der Waals surface area contributed by atoms with Gasteiger partial charge in [0, 0.05) is 10.5 Å². The lowest BCUT2D eigenvalue weighted by molar-refractivity contribution is 0.518. The first-order valence-corrected chi connectivity index (χ1v) is 6.63. The van der Waals surface area contributed by atoms with Gasteiger partial charge in [-0.2, -0.15) is 0 Å². The van der Waals surface area contributed by atoms with E-state index in [9.17, 15) is 0 Å². The molecule has 2 rings (SSSR count). The van der Waals surface area contributed by atoms with Crippen LogP contribution in [0.4, 0.5) is 0 Å². The summed E-state index contributed by atoms with van der Waals surface area (Å²) in [6.45, 7) is 3.38. The maximum atomic E-state index is 3.65. The number of halogens is 1. The molecule has 2 heteroatoms. The van der Waals surface area contributed by atoms with E-state index >= 15 is 0 Å². The molecular weight excluding hydrogens is 250 g/mol. The van der Waals surface area contributed by atoms with Gasteiger partial charge < -0.3 is 5.32 Å². The van der Waals surface area contributed by atoms with Gasteiger partial charge in [0.1, 0.15) is 0 Å². The van der Waals surface area contributed by atoms with E-state index in [2.05, 4.69) is 46.4 Å². The number of rotatable bonds is 4.